The van der Waals surface area contributed by atoms with Crippen LogP contribution in [0.2, 0.25) is 0 Å². The van der Waals surface area contributed by atoms with Gasteiger partial charge in [-0.25, -0.2) is 4.79 Å². The van der Waals surface area contributed by atoms with Crippen LogP contribution in [0.25, 0.3) is 0 Å². The van der Waals surface area contributed by atoms with Crippen molar-refractivity contribution in [3.8, 4) is 5.75 Å². The quantitative estimate of drug-likeness (QED) is 0.626. The van der Waals surface area contributed by atoms with Crippen molar-refractivity contribution in [1.82, 2.24) is 0 Å². The van der Waals surface area contributed by atoms with Gasteiger partial charge >= 0.3 is 6.09 Å². The highest BCUT2D eigenvalue weighted by Crippen LogP contribution is 2.24. The number of nitrogens with zero attached hydrogens (tertiary/aromatic N) is 2. The molecule has 0 aromatic heterocycles. The van der Waals surface area contributed by atoms with Gasteiger partial charge in [0, 0.05) is 17.8 Å². The van der Waals surface area contributed by atoms with E-state index in [-0.39, 0.29) is 12.3 Å². The molecule has 23 heavy (non-hydrogen) atoms. The van der Waals surface area contributed by atoms with E-state index in [0.717, 1.165) is 0 Å². The van der Waals surface area contributed by atoms with Crippen LogP contribution in [0.4, 0.5) is 16.2 Å². The maximum atomic E-state index is 11.9. The Labute approximate surface area is 132 Å². The van der Waals surface area contributed by atoms with E-state index < -0.39 is 17.1 Å². The Morgan fingerprint density at radius 3 is 2.52 bits per heavy atom. The fraction of sp³-hybridized carbons (Fsp3) is 0.188. The van der Waals surface area contributed by atoms with Crippen molar-refractivity contribution in [1.29, 1.82) is 0 Å². The minimum absolute atomic E-state index is 0.0229. The Bertz CT molecular complexity index is 702. The topological polar surface area (TPSA) is 81.9 Å². The molecule has 2 aromatic rings. The van der Waals surface area contributed by atoms with Gasteiger partial charge < -0.3 is 9.47 Å². The zero-order valence-electron chi connectivity index (χ0n) is 12.1. The lowest BCUT2D eigenvalue weighted by Crippen LogP contribution is -2.26. The molecule has 0 N–H and O–H groups in total. The smallest absolute Gasteiger partial charge is 0.414 e. The van der Waals surface area contributed by atoms with E-state index in [2.05, 4.69) is 0 Å². The van der Waals surface area contributed by atoms with Crippen LogP contribution in [-0.4, -0.2) is 30.3 Å². The van der Waals surface area contributed by atoms with E-state index >= 15 is 0 Å². The number of ether oxygens (including phenoxy) is 2. The summed E-state index contributed by atoms with van der Waals surface area (Å²) < 4.78 is 10.8. The van der Waals surface area contributed by atoms with E-state index in [1.165, 1.54) is 29.2 Å². The number of amides is 1. The summed E-state index contributed by atoms with van der Waals surface area (Å²) in [6.45, 7) is 0.586. The molecule has 1 saturated heterocycles. The first-order valence-electron chi connectivity index (χ1n) is 7.04. The Hall–Kier alpha value is -3.09. The van der Waals surface area contributed by atoms with Crippen molar-refractivity contribution >= 4 is 17.5 Å². The molecule has 0 radical (unpaired) electrons. The summed E-state index contributed by atoms with van der Waals surface area (Å²) in [7, 11) is 0. The molecule has 7 heteroatoms. The Kier molecular flexibility index (Phi) is 4.09. The summed E-state index contributed by atoms with van der Waals surface area (Å²) in [5, 5.41) is 10.7. The van der Waals surface area contributed by atoms with Gasteiger partial charge in [-0.2, -0.15) is 0 Å². The molecule has 0 bridgehead atoms. The third kappa shape index (κ3) is 3.39. The van der Waals surface area contributed by atoms with Crippen LogP contribution in [0.5, 0.6) is 5.75 Å². The van der Waals surface area contributed by atoms with E-state index in [1.807, 2.05) is 30.3 Å². The molecule has 1 aliphatic rings. The van der Waals surface area contributed by atoms with Crippen LogP contribution in [0, 0.1) is 10.1 Å². The first kappa shape index (κ1) is 14.8. The summed E-state index contributed by atoms with van der Waals surface area (Å²) in [5.41, 5.74) is 0.535. The summed E-state index contributed by atoms with van der Waals surface area (Å²) in [4.78, 5) is 23.5. The molecule has 1 aliphatic heterocycles. The second-order valence-corrected chi connectivity index (χ2v) is 5.01. The SMILES string of the molecule is O=C1OC(COc2ccccc2)CN1c1ccc([N+](=O)[O-])cc1. The number of hydrogen-bond donors (Lipinski definition) is 0. The number of cyclic esters (lactones) is 1. The lowest BCUT2D eigenvalue weighted by molar-refractivity contribution is -0.384. The highest BCUT2D eigenvalue weighted by Gasteiger charge is 2.33. The number of benzene rings is 2. The Morgan fingerprint density at radius 1 is 1.17 bits per heavy atom. The standard InChI is InChI=1S/C16H14N2O5/c19-16-17(12-6-8-13(9-7-12)18(20)21)10-15(23-16)11-22-14-4-2-1-3-5-14/h1-9,15H,10-11H2. The molecule has 0 aliphatic carbocycles. The van der Waals surface area contributed by atoms with Crippen molar-refractivity contribution in [3.63, 3.8) is 0 Å². The maximum Gasteiger partial charge on any atom is 0.414 e. The average Bonchev–Trinajstić information content (AvgIpc) is 2.95. The van der Waals surface area contributed by atoms with Crippen molar-refractivity contribution in [3.05, 3.63) is 64.7 Å². The van der Waals surface area contributed by atoms with Crippen LogP contribution < -0.4 is 9.64 Å². The van der Waals surface area contributed by atoms with Gasteiger partial charge in [0.25, 0.3) is 5.69 Å². The zero-order chi connectivity index (χ0) is 16.2. The summed E-state index contributed by atoms with van der Waals surface area (Å²) in [5.74, 6) is 0.706. The minimum Gasteiger partial charge on any atom is -0.490 e. The van der Waals surface area contributed by atoms with E-state index in [1.54, 1.807) is 0 Å². The summed E-state index contributed by atoms with van der Waals surface area (Å²) in [6, 6.07) is 15.0. The summed E-state index contributed by atoms with van der Waals surface area (Å²) >= 11 is 0. The molecule has 1 unspecified atom stereocenters. The molecule has 118 valence electrons. The van der Waals surface area contributed by atoms with Gasteiger partial charge in [0.1, 0.15) is 12.4 Å². The molecule has 2 aromatic carbocycles. The Morgan fingerprint density at radius 2 is 1.87 bits per heavy atom. The molecular weight excluding hydrogens is 300 g/mol. The van der Waals surface area contributed by atoms with Gasteiger partial charge in [-0.1, -0.05) is 18.2 Å². The van der Waals surface area contributed by atoms with Gasteiger partial charge in [0.15, 0.2) is 6.10 Å². The number of para-hydroxylation sites is 1. The van der Waals surface area contributed by atoms with Crippen molar-refractivity contribution in [2.24, 2.45) is 0 Å². The highest BCUT2D eigenvalue weighted by molar-refractivity contribution is 5.89. The van der Waals surface area contributed by atoms with Crippen LogP contribution in [0.3, 0.4) is 0 Å². The molecule has 1 heterocycles. The van der Waals surface area contributed by atoms with Crippen molar-refractivity contribution in [2.45, 2.75) is 6.10 Å². The number of non-ortho nitro benzene ring substituents is 1. The third-order valence-corrected chi connectivity index (χ3v) is 3.43. The zero-order valence-corrected chi connectivity index (χ0v) is 12.1. The number of carbonyl (C=O) groups is 1. The van der Waals surface area contributed by atoms with Gasteiger partial charge in [-0.3, -0.25) is 15.0 Å². The fourth-order valence-electron chi connectivity index (χ4n) is 2.28. The fourth-order valence-corrected chi connectivity index (χ4v) is 2.28. The first-order valence-corrected chi connectivity index (χ1v) is 7.04. The highest BCUT2D eigenvalue weighted by atomic mass is 16.6. The van der Waals surface area contributed by atoms with Crippen LogP contribution in [-0.2, 0) is 4.74 Å². The largest absolute Gasteiger partial charge is 0.490 e. The van der Waals surface area contributed by atoms with Crippen molar-refractivity contribution < 1.29 is 19.2 Å². The number of hydrogen-bond acceptors (Lipinski definition) is 5. The van der Waals surface area contributed by atoms with E-state index in [0.29, 0.717) is 18.0 Å². The monoisotopic (exact) mass is 314 g/mol. The predicted molar refractivity (Wildman–Crippen MR) is 82.6 cm³/mol. The number of nitro benzene ring substituents is 1. The third-order valence-electron chi connectivity index (χ3n) is 3.43. The van der Waals surface area contributed by atoms with E-state index in [4.69, 9.17) is 9.47 Å². The molecular formula is C16H14N2O5. The van der Waals surface area contributed by atoms with Gasteiger partial charge in [-0.05, 0) is 24.3 Å². The molecule has 0 spiro atoms. The molecule has 1 atom stereocenters. The van der Waals surface area contributed by atoms with Gasteiger partial charge in [0.05, 0.1) is 11.5 Å². The number of carbonyl (C=O) groups excluding carboxylic acids is 1. The molecule has 1 amide bonds. The Balaban J connectivity index is 1.62. The average molecular weight is 314 g/mol. The molecule has 1 fully saturated rings. The van der Waals surface area contributed by atoms with Gasteiger partial charge in [0.2, 0.25) is 0 Å². The van der Waals surface area contributed by atoms with Gasteiger partial charge in [-0.15, -0.1) is 0 Å². The molecule has 0 saturated carbocycles. The second-order valence-electron chi connectivity index (χ2n) is 5.01. The lowest BCUT2D eigenvalue weighted by atomic mass is 10.2. The lowest BCUT2D eigenvalue weighted by Gasteiger charge is -2.13. The number of rotatable bonds is 5. The number of nitro groups is 1. The molecule has 7 nitrogen and oxygen atoms in total. The molecule has 3 rings (SSSR count). The van der Waals surface area contributed by atoms with Crippen LogP contribution in [0.1, 0.15) is 0 Å². The second kappa shape index (κ2) is 6.35. The number of anilines is 1. The first-order chi connectivity index (χ1) is 11.1. The van der Waals surface area contributed by atoms with Crippen LogP contribution >= 0.6 is 0 Å². The van der Waals surface area contributed by atoms with Crippen molar-refractivity contribution in [2.75, 3.05) is 18.1 Å². The predicted octanol–water partition coefficient (Wildman–Crippen LogP) is 3.00. The normalized spacial score (nSPS) is 17.0. The minimum atomic E-state index is -0.486. The van der Waals surface area contributed by atoms with Crippen LogP contribution in [0.15, 0.2) is 54.6 Å². The maximum absolute atomic E-state index is 11.9. The summed E-state index contributed by atoms with van der Waals surface area (Å²) in [6.07, 6.45) is -0.876. The van der Waals surface area contributed by atoms with E-state index in [9.17, 15) is 14.9 Å².